The Morgan fingerprint density at radius 3 is 2.43 bits per heavy atom. The van der Waals surface area contributed by atoms with E-state index in [2.05, 4.69) is 9.88 Å². The van der Waals surface area contributed by atoms with Crippen LogP contribution in [0.1, 0.15) is 64.2 Å². The number of anilines is 1. The van der Waals surface area contributed by atoms with Gasteiger partial charge in [-0.1, -0.05) is 41.4 Å². The molecular formula is C39H38Cl2F2N4O7. The molecule has 3 saturated heterocycles. The number of aromatic carboxylic acids is 1. The molecule has 11 nitrogen and oxygen atoms in total. The number of carboxylic acids is 1. The number of benzene rings is 2. The van der Waals surface area contributed by atoms with E-state index in [1.807, 2.05) is 0 Å². The molecule has 4 fully saturated rings. The van der Waals surface area contributed by atoms with Gasteiger partial charge >= 0.3 is 18.7 Å². The number of fused-ring (bicyclic) bond motifs is 3. The van der Waals surface area contributed by atoms with Crippen molar-refractivity contribution >= 4 is 41.0 Å². The number of rotatable bonds is 14. The zero-order valence-electron chi connectivity index (χ0n) is 29.1. The monoisotopic (exact) mass is 782 g/mol. The molecule has 1 amide bonds. The average Bonchev–Trinajstić information content (AvgIpc) is 3.98. The molecule has 284 valence electrons. The van der Waals surface area contributed by atoms with Crippen LogP contribution in [0.4, 0.5) is 19.3 Å². The summed E-state index contributed by atoms with van der Waals surface area (Å²) in [5, 5.41) is 22.7. The number of carboxylic acid groups (broad SMARTS) is 1. The Labute approximate surface area is 320 Å². The maximum atomic E-state index is 13.9. The third-order valence-electron chi connectivity index (χ3n) is 10.3. The van der Waals surface area contributed by atoms with Crippen LogP contribution in [-0.2, 0) is 17.7 Å². The summed E-state index contributed by atoms with van der Waals surface area (Å²) in [6.45, 7) is -0.171. The number of pyridine rings is 2. The second-order valence-corrected chi connectivity index (χ2v) is 14.8. The van der Waals surface area contributed by atoms with Crippen molar-refractivity contribution in [1.29, 1.82) is 0 Å². The van der Waals surface area contributed by atoms with Gasteiger partial charge in [-0.25, -0.2) is 9.59 Å². The highest BCUT2D eigenvalue weighted by molar-refractivity contribution is 6.35. The van der Waals surface area contributed by atoms with Crippen LogP contribution >= 0.6 is 23.2 Å². The van der Waals surface area contributed by atoms with Crippen molar-refractivity contribution in [3.63, 3.8) is 0 Å². The molecule has 2 aromatic heterocycles. The fourth-order valence-corrected chi connectivity index (χ4v) is 7.86. The van der Waals surface area contributed by atoms with Crippen LogP contribution in [-0.4, -0.2) is 66.0 Å². The molecule has 1 aliphatic carbocycles. The van der Waals surface area contributed by atoms with Gasteiger partial charge in [-0.2, -0.15) is 13.5 Å². The molecule has 3 aliphatic heterocycles. The summed E-state index contributed by atoms with van der Waals surface area (Å²) in [6, 6.07) is 12.7. The predicted molar refractivity (Wildman–Crippen MR) is 196 cm³/mol. The lowest BCUT2D eigenvalue weighted by molar-refractivity contribution is -0.605. The topological polar surface area (TPSA) is 128 Å². The van der Waals surface area contributed by atoms with Crippen LogP contribution in [0.15, 0.2) is 73.3 Å². The normalized spacial score (nSPS) is 19.7. The van der Waals surface area contributed by atoms with Gasteiger partial charge in [0.2, 0.25) is 0 Å². The van der Waals surface area contributed by atoms with Gasteiger partial charge in [0.1, 0.15) is 16.1 Å². The Morgan fingerprint density at radius 2 is 1.80 bits per heavy atom. The van der Waals surface area contributed by atoms with E-state index in [1.165, 1.54) is 17.0 Å². The second kappa shape index (κ2) is 16.3. The molecule has 2 atom stereocenters. The van der Waals surface area contributed by atoms with Gasteiger partial charge in [-0.15, -0.1) is 0 Å². The minimum atomic E-state index is -3.11. The second-order valence-electron chi connectivity index (χ2n) is 14.0. The van der Waals surface area contributed by atoms with E-state index in [9.17, 15) is 28.7 Å². The number of hydrogen-bond acceptors (Lipinski definition) is 8. The number of carbonyl (C=O) groups is 2. The Bertz CT molecular complexity index is 1970. The van der Waals surface area contributed by atoms with Gasteiger partial charge in [0.25, 0.3) is 0 Å². The van der Waals surface area contributed by atoms with Gasteiger partial charge < -0.3 is 24.5 Å². The molecule has 0 unspecified atom stereocenters. The molecule has 0 spiro atoms. The standard InChI is InChI=1S/C39H38Cl2F2N4O7/c40-32-19-46(51)20-33(41)31(32)16-29(26-6-8-34(53-38(42)43)35(15-26)52-22-23-3-4-23)30-14-24(5-7-28(30)37(48)49)18-47(27-2-1-11-44-17-27)39(50)54-36-21-45-12-9-25(36)10-13-45/h1-2,5-8,11,14-15,17,19-20,23,25,29,36,38H,3-4,9-10,12-13,16,18,21-22H2,(H,48,49)/t29-,36-/m0/s1. The molecule has 1 N–H and O–H groups in total. The van der Waals surface area contributed by atoms with E-state index in [4.69, 9.17) is 37.4 Å². The Kier molecular flexibility index (Phi) is 11.4. The van der Waals surface area contributed by atoms with Crippen LogP contribution < -0.4 is 19.1 Å². The van der Waals surface area contributed by atoms with Crippen molar-refractivity contribution in [2.24, 2.45) is 11.8 Å². The summed E-state index contributed by atoms with van der Waals surface area (Å²) in [5.74, 6) is -1.57. The zero-order chi connectivity index (χ0) is 37.9. The molecule has 4 aliphatic rings. The maximum absolute atomic E-state index is 13.9. The number of piperidine rings is 3. The van der Waals surface area contributed by atoms with Crippen LogP contribution in [0.2, 0.25) is 10.0 Å². The molecular weight excluding hydrogens is 745 g/mol. The molecule has 54 heavy (non-hydrogen) atoms. The van der Waals surface area contributed by atoms with Gasteiger partial charge in [-0.05, 0) is 104 Å². The molecule has 4 aromatic rings. The molecule has 2 aromatic carbocycles. The van der Waals surface area contributed by atoms with Gasteiger partial charge in [0.05, 0.1) is 30.6 Å². The number of carbonyl (C=O) groups excluding carboxylic acids is 1. The Morgan fingerprint density at radius 1 is 1.04 bits per heavy atom. The van der Waals surface area contributed by atoms with E-state index in [1.54, 1.807) is 48.8 Å². The van der Waals surface area contributed by atoms with E-state index in [-0.39, 0.29) is 52.1 Å². The Hall–Kier alpha value is -4.72. The smallest absolute Gasteiger partial charge is 0.414 e. The van der Waals surface area contributed by atoms with Crippen molar-refractivity contribution in [1.82, 2.24) is 9.88 Å². The molecule has 0 radical (unpaired) electrons. The predicted octanol–water partition coefficient (Wildman–Crippen LogP) is 7.72. The van der Waals surface area contributed by atoms with Crippen molar-refractivity contribution in [2.75, 3.05) is 31.1 Å². The third-order valence-corrected chi connectivity index (χ3v) is 11.0. The number of amides is 1. The van der Waals surface area contributed by atoms with Gasteiger partial charge in [0, 0.05) is 24.2 Å². The van der Waals surface area contributed by atoms with Crippen molar-refractivity contribution in [3.05, 3.63) is 116 Å². The minimum Gasteiger partial charge on any atom is -0.619 e. The summed E-state index contributed by atoms with van der Waals surface area (Å²) in [4.78, 5) is 34.8. The number of hydrogen-bond donors (Lipinski definition) is 1. The lowest BCUT2D eigenvalue weighted by Crippen LogP contribution is -2.53. The number of aromatic nitrogens is 2. The number of nitrogens with zero attached hydrogens (tertiary/aromatic N) is 4. The van der Waals surface area contributed by atoms with Crippen molar-refractivity contribution in [3.8, 4) is 11.5 Å². The van der Waals surface area contributed by atoms with Gasteiger partial charge in [0.15, 0.2) is 23.9 Å². The molecule has 2 bridgehead atoms. The summed E-state index contributed by atoms with van der Waals surface area (Å²) < 4.78 is 44.2. The highest BCUT2D eigenvalue weighted by Gasteiger charge is 2.38. The first-order valence-corrected chi connectivity index (χ1v) is 18.5. The number of alkyl halides is 2. The highest BCUT2D eigenvalue weighted by atomic mass is 35.5. The number of halogens is 4. The van der Waals surface area contributed by atoms with Crippen LogP contribution in [0.25, 0.3) is 0 Å². The van der Waals surface area contributed by atoms with Crippen molar-refractivity contribution in [2.45, 2.75) is 57.3 Å². The first-order valence-electron chi connectivity index (χ1n) is 17.8. The SMILES string of the molecule is O=C(O)c1ccc(CN(C(=O)O[C@H]2CN3CCC2CC3)c2cccnc2)cc1[C@@H](Cc1c(Cl)c[n+]([O-])cc1Cl)c1ccc(OC(F)F)c(OCC2CC2)c1. The molecule has 15 heteroatoms. The van der Waals surface area contributed by atoms with Crippen LogP contribution in [0.3, 0.4) is 0 Å². The molecule has 1 saturated carbocycles. The first kappa shape index (κ1) is 37.6. The Balaban J connectivity index is 1.29. The largest absolute Gasteiger partial charge is 0.619 e. The molecule has 8 rings (SSSR count). The summed E-state index contributed by atoms with van der Waals surface area (Å²) in [6.07, 6.45) is 8.46. The lowest BCUT2D eigenvalue weighted by Gasteiger charge is -2.44. The minimum absolute atomic E-state index is 0.00515. The zero-order valence-corrected chi connectivity index (χ0v) is 30.6. The molecule has 5 heterocycles. The van der Waals surface area contributed by atoms with E-state index in [0.717, 1.165) is 51.2 Å². The fourth-order valence-electron chi connectivity index (χ4n) is 7.27. The van der Waals surface area contributed by atoms with Crippen molar-refractivity contribution < 1.29 is 42.4 Å². The van der Waals surface area contributed by atoms with Crippen LogP contribution in [0.5, 0.6) is 11.5 Å². The van der Waals surface area contributed by atoms with Crippen LogP contribution in [0, 0.1) is 17.0 Å². The van der Waals surface area contributed by atoms with E-state index >= 15 is 0 Å². The number of ether oxygens (including phenoxy) is 3. The quantitative estimate of drug-likeness (QED) is 0.101. The summed E-state index contributed by atoms with van der Waals surface area (Å²) in [7, 11) is 0. The average molecular weight is 784 g/mol. The highest BCUT2D eigenvalue weighted by Crippen LogP contribution is 2.41. The fraction of sp³-hybridized carbons (Fsp3) is 0.385. The van der Waals surface area contributed by atoms with Gasteiger partial charge in [-0.3, -0.25) is 14.8 Å². The summed E-state index contributed by atoms with van der Waals surface area (Å²) in [5.41, 5.74) is 2.17. The third kappa shape index (κ3) is 8.80. The van der Waals surface area contributed by atoms with E-state index in [0.29, 0.717) is 51.7 Å². The maximum Gasteiger partial charge on any atom is 0.414 e. The van der Waals surface area contributed by atoms with E-state index < -0.39 is 24.6 Å². The summed E-state index contributed by atoms with van der Waals surface area (Å²) >= 11 is 13.1. The first-order chi connectivity index (χ1) is 26.0. The lowest BCUT2D eigenvalue weighted by atomic mass is 9.82.